The first-order valence-corrected chi connectivity index (χ1v) is 11.8. The van der Waals surface area contributed by atoms with E-state index < -0.39 is 5.60 Å². The molecule has 33 heavy (non-hydrogen) atoms. The van der Waals surface area contributed by atoms with Gasteiger partial charge < -0.3 is 15.1 Å². The molecule has 2 heterocycles. The quantitative estimate of drug-likeness (QED) is 0.722. The summed E-state index contributed by atoms with van der Waals surface area (Å²) in [6.45, 7) is 7.13. The fourth-order valence-corrected chi connectivity index (χ4v) is 4.53. The van der Waals surface area contributed by atoms with Gasteiger partial charge in [0.25, 0.3) is 11.8 Å². The molecule has 1 N–H and O–H groups in total. The molecule has 2 aromatic carbocycles. The molecule has 0 aromatic heterocycles. The lowest BCUT2D eigenvalue weighted by Crippen LogP contribution is -2.47. The zero-order chi connectivity index (χ0) is 23.4. The molecule has 1 saturated heterocycles. The number of hydrogen-bond acceptors (Lipinski definition) is 4. The van der Waals surface area contributed by atoms with Gasteiger partial charge in [0.1, 0.15) is 0 Å². The van der Waals surface area contributed by atoms with Crippen LogP contribution in [0.2, 0.25) is 0 Å². The van der Waals surface area contributed by atoms with E-state index >= 15 is 0 Å². The van der Waals surface area contributed by atoms with Gasteiger partial charge in [0.2, 0.25) is 5.60 Å². The first-order valence-electron chi connectivity index (χ1n) is 11.8. The van der Waals surface area contributed by atoms with Crippen molar-refractivity contribution in [3.63, 3.8) is 0 Å². The molecule has 0 aliphatic carbocycles. The number of rotatable bonds is 6. The summed E-state index contributed by atoms with van der Waals surface area (Å²) in [7, 11) is 0. The van der Waals surface area contributed by atoms with Gasteiger partial charge in [-0.15, -0.1) is 0 Å². The normalized spacial score (nSPS) is 21.0. The van der Waals surface area contributed by atoms with Crippen LogP contribution in [0.25, 0.3) is 0 Å². The molecule has 2 amide bonds. The molecule has 2 aliphatic rings. The van der Waals surface area contributed by atoms with Gasteiger partial charge in [0.15, 0.2) is 0 Å². The maximum atomic E-state index is 13.2. The Balaban J connectivity index is 1.36. The molecule has 0 bridgehead atoms. The maximum Gasteiger partial charge on any atom is 0.267 e. The summed E-state index contributed by atoms with van der Waals surface area (Å²) in [4.78, 5) is 33.2. The predicted octanol–water partition coefficient (Wildman–Crippen LogP) is 4.19. The molecule has 6 nitrogen and oxygen atoms in total. The fraction of sp³-hybridized carbons (Fsp3) is 0.444. The number of carbonyl (C=O) groups is 2. The zero-order valence-electron chi connectivity index (χ0n) is 19.7. The Labute approximate surface area is 196 Å². The molecule has 174 valence electrons. The SMILES string of the molecule is CC(C)NC(=O)C1(C)CC(c2cccc(C(=O)N3CCC(Cc4ccccc4)CC3)c2)=NO1. The van der Waals surface area contributed by atoms with Crippen molar-refractivity contribution in [3.8, 4) is 0 Å². The number of likely N-dealkylation sites (tertiary alicyclic amines) is 1. The third-order valence-electron chi connectivity index (χ3n) is 6.47. The van der Waals surface area contributed by atoms with Crippen LogP contribution < -0.4 is 5.32 Å². The van der Waals surface area contributed by atoms with Crippen LogP contribution in [-0.4, -0.2) is 47.2 Å². The minimum Gasteiger partial charge on any atom is -0.379 e. The van der Waals surface area contributed by atoms with Crippen LogP contribution in [-0.2, 0) is 16.1 Å². The van der Waals surface area contributed by atoms with E-state index in [-0.39, 0.29) is 17.9 Å². The number of oxime groups is 1. The number of carbonyl (C=O) groups excluding carboxylic acids is 2. The highest BCUT2D eigenvalue weighted by Gasteiger charge is 2.42. The van der Waals surface area contributed by atoms with Crippen LogP contribution in [0.5, 0.6) is 0 Å². The van der Waals surface area contributed by atoms with Crippen LogP contribution in [0, 0.1) is 5.92 Å². The minimum absolute atomic E-state index is 0.0276. The Hall–Kier alpha value is -3.15. The first kappa shape index (κ1) is 23.0. The Morgan fingerprint density at radius 1 is 1.12 bits per heavy atom. The molecule has 4 rings (SSSR count). The van der Waals surface area contributed by atoms with Crippen molar-refractivity contribution in [1.29, 1.82) is 0 Å². The maximum absolute atomic E-state index is 13.2. The lowest BCUT2D eigenvalue weighted by atomic mass is 9.90. The van der Waals surface area contributed by atoms with Gasteiger partial charge in [-0.1, -0.05) is 47.6 Å². The van der Waals surface area contributed by atoms with Crippen molar-refractivity contribution in [2.24, 2.45) is 11.1 Å². The molecule has 2 aliphatic heterocycles. The van der Waals surface area contributed by atoms with Crippen molar-refractivity contribution >= 4 is 17.5 Å². The Morgan fingerprint density at radius 3 is 2.55 bits per heavy atom. The molecule has 0 saturated carbocycles. The van der Waals surface area contributed by atoms with Crippen molar-refractivity contribution in [3.05, 3.63) is 71.3 Å². The molecule has 0 spiro atoms. The number of benzene rings is 2. The van der Waals surface area contributed by atoms with E-state index in [4.69, 9.17) is 4.84 Å². The van der Waals surface area contributed by atoms with Crippen molar-refractivity contribution in [2.75, 3.05) is 13.1 Å². The highest BCUT2D eigenvalue weighted by atomic mass is 16.7. The highest BCUT2D eigenvalue weighted by molar-refractivity contribution is 6.07. The second-order valence-electron chi connectivity index (χ2n) is 9.67. The summed E-state index contributed by atoms with van der Waals surface area (Å²) < 4.78 is 0. The Kier molecular flexibility index (Phi) is 6.82. The van der Waals surface area contributed by atoms with Gasteiger partial charge in [-0.05, 0) is 63.6 Å². The van der Waals surface area contributed by atoms with Gasteiger partial charge in [-0.3, -0.25) is 9.59 Å². The van der Waals surface area contributed by atoms with Crippen LogP contribution >= 0.6 is 0 Å². The van der Waals surface area contributed by atoms with Crippen molar-refractivity contribution in [1.82, 2.24) is 10.2 Å². The topological polar surface area (TPSA) is 71.0 Å². The van der Waals surface area contributed by atoms with E-state index in [1.54, 1.807) is 6.92 Å². The van der Waals surface area contributed by atoms with Crippen LogP contribution in [0.15, 0.2) is 59.8 Å². The van der Waals surface area contributed by atoms with Crippen molar-refractivity contribution in [2.45, 2.75) is 58.1 Å². The number of hydrogen-bond donors (Lipinski definition) is 1. The molecular weight excluding hydrogens is 414 g/mol. The minimum atomic E-state index is -1.03. The summed E-state index contributed by atoms with van der Waals surface area (Å²) in [6, 6.07) is 18.1. The van der Waals surface area contributed by atoms with E-state index in [9.17, 15) is 9.59 Å². The predicted molar refractivity (Wildman–Crippen MR) is 129 cm³/mol. The standard InChI is InChI=1S/C27H33N3O3/c1-19(2)28-26(32)27(3)18-24(29-33-27)22-10-7-11-23(17-22)25(31)30-14-12-21(13-15-30)16-20-8-5-4-6-9-20/h4-11,17,19,21H,12-16,18H2,1-3H3,(H,28,32). The molecule has 2 aromatic rings. The van der Waals surface area contributed by atoms with Gasteiger partial charge >= 0.3 is 0 Å². The number of piperidine rings is 1. The average Bonchev–Trinajstić information content (AvgIpc) is 3.23. The third-order valence-corrected chi connectivity index (χ3v) is 6.47. The Morgan fingerprint density at radius 2 is 1.85 bits per heavy atom. The highest BCUT2D eigenvalue weighted by Crippen LogP contribution is 2.28. The fourth-order valence-electron chi connectivity index (χ4n) is 4.53. The smallest absolute Gasteiger partial charge is 0.267 e. The van der Waals surface area contributed by atoms with Crippen LogP contribution in [0.1, 0.15) is 61.5 Å². The molecule has 0 radical (unpaired) electrons. The second kappa shape index (κ2) is 9.77. The summed E-state index contributed by atoms with van der Waals surface area (Å²) >= 11 is 0. The van der Waals surface area contributed by atoms with E-state index in [1.165, 1.54) is 5.56 Å². The van der Waals surface area contributed by atoms with Crippen molar-refractivity contribution < 1.29 is 14.4 Å². The largest absolute Gasteiger partial charge is 0.379 e. The molecule has 6 heteroatoms. The van der Waals surface area contributed by atoms with Gasteiger partial charge in [-0.2, -0.15) is 0 Å². The van der Waals surface area contributed by atoms with E-state index in [0.29, 0.717) is 23.6 Å². The third kappa shape index (κ3) is 5.44. The summed E-state index contributed by atoms with van der Waals surface area (Å²) in [6.07, 6.45) is 3.48. The first-order chi connectivity index (χ1) is 15.8. The second-order valence-corrected chi connectivity index (χ2v) is 9.67. The lowest BCUT2D eigenvalue weighted by molar-refractivity contribution is -0.142. The zero-order valence-corrected chi connectivity index (χ0v) is 19.7. The van der Waals surface area contributed by atoms with Gasteiger partial charge in [0.05, 0.1) is 5.71 Å². The average molecular weight is 448 g/mol. The van der Waals surface area contributed by atoms with Crippen LogP contribution in [0.3, 0.4) is 0 Å². The summed E-state index contributed by atoms with van der Waals surface area (Å²) in [5, 5.41) is 7.07. The van der Waals surface area contributed by atoms with Gasteiger partial charge in [0, 0.05) is 36.7 Å². The van der Waals surface area contributed by atoms with E-state index in [2.05, 4.69) is 34.7 Å². The molecule has 1 fully saturated rings. The molecular formula is C27H33N3O3. The van der Waals surface area contributed by atoms with E-state index in [0.717, 1.165) is 37.9 Å². The monoisotopic (exact) mass is 447 g/mol. The summed E-state index contributed by atoms with van der Waals surface area (Å²) in [5.74, 6) is 0.485. The molecule has 1 unspecified atom stereocenters. The Bertz CT molecular complexity index is 1030. The number of nitrogens with one attached hydrogen (secondary N) is 1. The number of amides is 2. The van der Waals surface area contributed by atoms with Gasteiger partial charge in [-0.25, -0.2) is 0 Å². The van der Waals surface area contributed by atoms with Crippen LogP contribution in [0.4, 0.5) is 0 Å². The lowest BCUT2D eigenvalue weighted by Gasteiger charge is -2.32. The summed E-state index contributed by atoms with van der Waals surface area (Å²) in [5.41, 5.74) is 2.49. The van der Waals surface area contributed by atoms with E-state index in [1.807, 2.05) is 49.1 Å². The molecule has 1 atom stereocenters. The number of nitrogens with zero attached hydrogens (tertiary/aromatic N) is 2.